The number of rotatable bonds is 5. The summed E-state index contributed by atoms with van der Waals surface area (Å²) in [7, 11) is -3.51. The van der Waals surface area contributed by atoms with Crippen molar-refractivity contribution in [1.29, 1.82) is 0 Å². The molecule has 1 fully saturated rings. The number of anilines is 1. The fourth-order valence-corrected chi connectivity index (χ4v) is 4.43. The summed E-state index contributed by atoms with van der Waals surface area (Å²) in [6.07, 6.45) is 0. The van der Waals surface area contributed by atoms with Crippen molar-refractivity contribution >= 4 is 21.6 Å². The van der Waals surface area contributed by atoms with Crippen LogP contribution in [-0.4, -0.2) is 56.3 Å². The molecule has 3 rings (SSSR count). The molecule has 1 amide bonds. The van der Waals surface area contributed by atoms with Gasteiger partial charge in [0.1, 0.15) is 5.82 Å². The minimum Gasteiger partial charge on any atom is -0.325 e. The van der Waals surface area contributed by atoms with Crippen LogP contribution >= 0.6 is 0 Å². The van der Waals surface area contributed by atoms with E-state index in [9.17, 15) is 17.6 Å². The number of carbonyl (C=O) groups is 1. The molecule has 27 heavy (non-hydrogen) atoms. The van der Waals surface area contributed by atoms with Gasteiger partial charge in [0.15, 0.2) is 0 Å². The van der Waals surface area contributed by atoms with Gasteiger partial charge in [-0.3, -0.25) is 9.69 Å². The molecule has 1 aliphatic rings. The molecule has 1 heterocycles. The van der Waals surface area contributed by atoms with Crippen molar-refractivity contribution in [3.63, 3.8) is 0 Å². The summed E-state index contributed by atoms with van der Waals surface area (Å²) in [5.74, 6) is -0.654. The molecule has 1 aliphatic heterocycles. The number of benzene rings is 2. The van der Waals surface area contributed by atoms with E-state index in [2.05, 4.69) is 5.32 Å². The van der Waals surface area contributed by atoms with Gasteiger partial charge in [0, 0.05) is 31.9 Å². The lowest BCUT2D eigenvalue weighted by atomic mass is 10.2. The number of amides is 1. The molecule has 0 aliphatic carbocycles. The second-order valence-corrected chi connectivity index (χ2v) is 8.44. The number of nitrogens with one attached hydrogen (secondary N) is 1. The molecule has 6 nitrogen and oxygen atoms in total. The first-order valence-electron chi connectivity index (χ1n) is 8.70. The first-order chi connectivity index (χ1) is 12.9. The lowest BCUT2D eigenvalue weighted by Crippen LogP contribution is -2.50. The molecule has 1 N–H and O–H groups in total. The van der Waals surface area contributed by atoms with E-state index in [1.54, 1.807) is 43.3 Å². The van der Waals surface area contributed by atoms with Crippen molar-refractivity contribution in [2.75, 3.05) is 38.0 Å². The molecular formula is C19H22FN3O3S. The zero-order valence-corrected chi connectivity index (χ0v) is 15.9. The van der Waals surface area contributed by atoms with Crippen molar-refractivity contribution in [2.45, 2.75) is 11.8 Å². The lowest BCUT2D eigenvalue weighted by Gasteiger charge is -2.33. The predicted octanol–water partition coefficient (Wildman–Crippen LogP) is 2.08. The number of aryl methyl sites for hydroxylation is 1. The molecule has 2 aromatic carbocycles. The van der Waals surface area contributed by atoms with E-state index in [1.165, 1.54) is 16.4 Å². The van der Waals surface area contributed by atoms with E-state index >= 15 is 0 Å². The van der Waals surface area contributed by atoms with Crippen molar-refractivity contribution in [3.8, 4) is 0 Å². The summed E-state index contributed by atoms with van der Waals surface area (Å²) in [5, 5.41) is 2.71. The molecule has 0 bridgehead atoms. The molecule has 0 atom stereocenters. The maximum Gasteiger partial charge on any atom is 0.243 e. The number of hydrogen-bond donors (Lipinski definition) is 1. The van der Waals surface area contributed by atoms with Crippen LogP contribution in [0.15, 0.2) is 53.4 Å². The summed E-state index contributed by atoms with van der Waals surface area (Å²) in [6, 6.07) is 12.6. The normalized spacial score (nSPS) is 16.2. The fraction of sp³-hybridized carbons (Fsp3) is 0.316. The van der Waals surface area contributed by atoms with Crippen LogP contribution in [0.1, 0.15) is 5.56 Å². The monoisotopic (exact) mass is 391 g/mol. The third-order valence-electron chi connectivity index (χ3n) is 4.55. The number of sulfonamides is 1. The van der Waals surface area contributed by atoms with Crippen LogP contribution in [0.2, 0.25) is 0 Å². The molecule has 0 radical (unpaired) electrons. The molecule has 0 unspecified atom stereocenters. The van der Waals surface area contributed by atoms with Gasteiger partial charge in [0.05, 0.1) is 11.4 Å². The van der Waals surface area contributed by atoms with E-state index < -0.39 is 15.8 Å². The summed E-state index contributed by atoms with van der Waals surface area (Å²) in [5.41, 5.74) is 1.23. The van der Waals surface area contributed by atoms with E-state index in [1.807, 2.05) is 4.90 Å². The topological polar surface area (TPSA) is 69.7 Å². The maximum atomic E-state index is 13.3. The first kappa shape index (κ1) is 19.5. The predicted molar refractivity (Wildman–Crippen MR) is 101 cm³/mol. The van der Waals surface area contributed by atoms with Gasteiger partial charge in [0.25, 0.3) is 0 Å². The zero-order valence-electron chi connectivity index (χ0n) is 15.1. The Morgan fingerprint density at radius 3 is 2.41 bits per heavy atom. The highest BCUT2D eigenvalue weighted by Gasteiger charge is 2.28. The Morgan fingerprint density at radius 2 is 1.74 bits per heavy atom. The molecule has 0 aromatic heterocycles. The second kappa shape index (κ2) is 8.16. The molecule has 0 saturated carbocycles. The quantitative estimate of drug-likeness (QED) is 0.847. The van der Waals surface area contributed by atoms with Crippen LogP contribution in [0.3, 0.4) is 0 Å². The molecule has 1 saturated heterocycles. The minimum absolute atomic E-state index is 0.134. The standard InChI is InChI=1S/C19H22FN3O3S/c1-15-7-8-16(20)13-18(15)21-19(24)14-22-9-11-23(12-10-22)27(25,26)17-5-3-2-4-6-17/h2-8,13H,9-12,14H2,1H3,(H,21,24). The van der Waals surface area contributed by atoms with Gasteiger partial charge in [-0.1, -0.05) is 24.3 Å². The van der Waals surface area contributed by atoms with Gasteiger partial charge in [-0.2, -0.15) is 4.31 Å². The third kappa shape index (κ3) is 4.71. The van der Waals surface area contributed by atoms with Gasteiger partial charge >= 0.3 is 0 Å². The Bertz CT molecular complexity index is 911. The molecule has 0 spiro atoms. The highest BCUT2D eigenvalue weighted by Crippen LogP contribution is 2.18. The van der Waals surface area contributed by atoms with Crippen molar-refractivity contribution in [3.05, 3.63) is 59.9 Å². The Kier molecular flexibility index (Phi) is 5.88. The Hall–Kier alpha value is -2.29. The molecule has 8 heteroatoms. The Balaban J connectivity index is 1.55. The average molecular weight is 391 g/mol. The van der Waals surface area contributed by atoms with E-state index in [0.717, 1.165) is 5.56 Å². The number of hydrogen-bond acceptors (Lipinski definition) is 4. The summed E-state index contributed by atoms with van der Waals surface area (Å²) in [6.45, 7) is 3.49. The van der Waals surface area contributed by atoms with Crippen LogP contribution in [0.25, 0.3) is 0 Å². The van der Waals surface area contributed by atoms with Crippen molar-refractivity contribution in [1.82, 2.24) is 9.21 Å². The van der Waals surface area contributed by atoms with Crippen molar-refractivity contribution in [2.24, 2.45) is 0 Å². The van der Waals surface area contributed by atoms with Crippen LogP contribution in [0, 0.1) is 12.7 Å². The summed E-state index contributed by atoms with van der Waals surface area (Å²) >= 11 is 0. The highest BCUT2D eigenvalue weighted by atomic mass is 32.2. The Labute approximate surface area is 158 Å². The van der Waals surface area contributed by atoms with Gasteiger partial charge in [-0.15, -0.1) is 0 Å². The SMILES string of the molecule is Cc1ccc(F)cc1NC(=O)CN1CCN(S(=O)(=O)c2ccccc2)CC1. The van der Waals surface area contributed by atoms with Crippen LogP contribution in [-0.2, 0) is 14.8 Å². The van der Waals surface area contributed by atoms with Gasteiger partial charge < -0.3 is 5.32 Å². The number of piperazine rings is 1. The molecular weight excluding hydrogens is 369 g/mol. The molecule has 2 aromatic rings. The molecule has 144 valence electrons. The van der Waals surface area contributed by atoms with Gasteiger partial charge in [0.2, 0.25) is 15.9 Å². The summed E-state index contributed by atoms with van der Waals surface area (Å²) in [4.78, 5) is 14.4. The average Bonchev–Trinajstić information content (AvgIpc) is 2.66. The number of carbonyl (C=O) groups excluding carboxylic acids is 1. The first-order valence-corrected chi connectivity index (χ1v) is 10.1. The maximum absolute atomic E-state index is 13.3. The largest absolute Gasteiger partial charge is 0.325 e. The number of nitrogens with zero attached hydrogens (tertiary/aromatic N) is 2. The highest BCUT2D eigenvalue weighted by molar-refractivity contribution is 7.89. The van der Waals surface area contributed by atoms with Gasteiger partial charge in [-0.05, 0) is 36.8 Å². The smallest absolute Gasteiger partial charge is 0.243 e. The summed E-state index contributed by atoms with van der Waals surface area (Å²) < 4.78 is 40.0. The minimum atomic E-state index is -3.51. The van der Waals surface area contributed by atoms with Crippen LogP contribution in [0.5, 0.6) is 0 Å². The third-order valence-corrected chi connectivity index (χ3v) is 6.47. The fourth-order valence-electron chi connectivity index (χ4n) is 2.99. The van der Waals surface area contributed by atoms with Crippen molar-refractivity contribution < 1.29 is 17.6 Å². The van der Waals surface area contributed by atoms with E-state index in [0.29, 0.717) is 31.9 Å². The zero-order chi connectivity index (χ0) is 19.4. The van der Waals surface area contributed by atoms with E-state index in [4.69, 9.17) is 0 Å². The lowest BCUT2D eigenvalue weighted by molar-refractivity contribution is -0.117. The van der Waals surface area contributed by atoms with Crippen LogP contribution in [0.4, 0.5) is 10.1 Å². The van der Waals surface area contributed by atoms with E-state index in [-0.39, 0.29) is 17.3 Å². The second-order valence-electron chi connectivity index (χ2n) is 6.50. The number of halogens is 1. The van der Waals surface area contributed by atoms with Crippen LogP contribution < -0.4 is 5.32 Å². The van der Waals surface area contributed by atoms with Gasteiger partial charge in [-0.25, -0.2) is 12.8 Å². The Morgan fingerprint density at radius 1 is 1.07 bits per heavy atom.